The van der Waals surface area contributed by atoms with Crippen LogP contribution in [0.1, 0.15) is 30.4 Å². The van der Waals surface area contributed by atoms with Crippen LogP contribution in [0.2, 0.25) is 0 Å². The largest absolute Gasteiger partial charge is 0.508 e. The summed E-state index contributed by atoms with van der Waals surface area (Å²) >= 11 is 0. The van der Waals surface area contributed by atoms with Gasteiger partial charge in [-0.3, -0.25) is 24.0 Å². The molecule has 0 fully saturated rings. The Kier molecular flexibility index (Phi) is 11.4. The van der Waals surface area contributed by atoms with Crippen LogP contribution >= 0.6 is 0 Å². The molecule has 3 rings (SSSR count). The fourth-order valence-corrected chi connectivity index (χ4v) is 4.47. The fourth-order valence-electron chi connectivity index (χ4n) is 4.47. The lowest BCUT2D eigenvalue weighted by atomic mass is 10.0. The summed E-state index contributed by atoms with van der Waals surface area (Å²) in [5.41, 5.74) is 13.4. The summed E-state index contributed by atoms with van der Waals surface area (Å²) < 4.78 is 0. The van der Waals surface area contributed by atoms with Gasteiger partial charge in [0.2, 0.25) is 23.6 Å². The summed E-state index contributed by atoms with van der Waals surface area (Å²) in [5, 5.41) is 35.6. The molecule has 4 amide bonds. The molecular formula is C29H34N6O9. The third-order valence-corrected chi connectivity index (χ3v) is 6.76. The first-order valence-electron chi connectivity index (χ1n) is 13.6. The maximum Gasteiger partial charge on any atom is 0.326 e. The molecular weight excluding hydrogens is 576 g/mol. The van der Waals surface area contributed by atoms with E-state index in [4.69, 9.17) is 16.6 Å². The average Bonchev–Trinajstić information content (AvgIpc) is 3.37. The van der Waals surface area contributed by atoms with Crippen molar-refractivity contribution in [1.82, 2.24) is 20.9 Å². The van der Waals surface area contributed by atoms with E-state index in [9.17, 15) is 39.0 Å². The van der Waals surface area contributed by atoms with Crippen molar-refractivity contribution in [3.63, 3.8) is 0 Å². The van der Waals surface area contributed by atoms with Crippen molar-refractivity contribution in [3.05, 3.63) is 65.9 Å². The van der Waals surface area contributed by atoms with Gasteiger partial charge in [-0.15, -0.1) is 0 Å². The van der Waals surface area contributed by atoms with Gasteiger partial charge in [0.1, 0.15) is 23.9 Å². The molecule has 234 valence electrons. The number of aromatic nitrogens is 1. The molecule has 0 aliphatic heterocycles. The Labute approximate surface area is 251 Å². The molecule has 0 bridgehead atoms. The number of rotatable bonds is 16. The second kappa shape index (κ2) is 15.2. The van der Waals surface area contributed by atoms with Crippen LogP contribution in [0.5, 0.6) is 5.75 Å². The summed E-state index contributed by atoms with van der Waals surface area (Å²) in [6, 6.07) is 7.61. The number of H-pyrrole nitrogens is 1. The van der Waals surface area contributed by atoms with Crippen LogP contribution in [0, 0.1) is 0 Å². The number of carboxylic acids is 2. The number of carbonyl (C=O) groups excluding carboxylic acids is 4. The maximum absolute atomic E-state index is 13.6. The van der Waals surface area contributed by atoms with Crippen LogP contribution in [0.15, 0.2) is 54.7 Å². The highest BCUT2D eigenvalue weighted by atomic mass is 16.4. The molecule has 0 aliphatic carbocycles. The van der Waals surface area contributed by atoms with Crippen LogP contribution in [0.3, 0.4) is 0 Å². The number of carbonyl (C=O) groups is 6. The summed E-state index contributed by atoms with van der Waals surface area (Å²) in [6.07, 6.45) is -0.0566. The van der Waals surface area contributed by atoms with Crippen LogP contribution in [0.4, 0.5) is 0 Å². The van der Waals surface area contributed by atoms with Gasteiger partial charge in [-0.1, -0.05) is 30.3 Å². The minimum atomic E-state index is -1.64. The zero-order valence-corrected chi connectivity index (χ0v) is 23.5. The number of phenolic OH excluding ortho intramolecular Hbond substituents is 1. The third-order valence-electron chi connectivity index (χ3n) is 6.76. The van der Waals surface area contributed by atoms with Crippen molar-refractivity contribution >= 4 is 46.5 Å². The van der Waals surface area contributed by atoms with Gasteiger partial charge in [-0.2, -0.15) is 0 Å². The number of aromatic amines is 1. The molecule has 0 saturated carbocycles. The molecule has 0 radical (unpaired) electrons. The predicted octanol–water partition coefficient (Wildman–Crippen LogP) is -0.735. The molecule has 1 aromatic heterocycles. The van der Waals surface area contributed by atoms with Crippen molar-refractivity contribution in [1.29, 1.82) is 0 Å². The number of benzene rings is 2. The molecule has 4 atom stereocenters. The van der Waals surface area contributed by atoms with E-state index in [-0.39, 0.29) is 18.6 Å². The highest BCUT2D eigenvalue weighted by Gasteiger charge is 2.32. The predicted molar refractivity (Wildman–Crippen MR) is 156 cm³/mol. The first-order chi connectivity index (χ1) is 20.8. The summed E-state index contributed by atoms with van der Waals surface area (Å²) in [6.45, 7) is 0. The highest BCUT2D eigenvalue weighted by Crippen LogP contribution is 2.19. The Hall–Kier alpha value is -5.44. The minimum absolute atomic E-state index is 0.0355. The van der Waals surface area contributed by atoms with Crippen LogP contribution < -0.4 is 27.4 Å². The van der Waals surface area contributed by atoms with Gasteiger partial charge in [0, 0.05) is 29.9 Å². The number of hydrogen-bond donors (Lipinski definition) is 9. The van der Waals surface area contributed by atoms with Gasteiger partial charge in [0.25, 0.3) is 0 Å². The van der Waals surface area contributed by atoms with Gasteiger partial charge >= 0.3 is 11.9 Å². The number of para-hydroxylation sites is 1. The van der Waals surface area contributed by atoms with Crippen LogP contribution in [0.25, 0.3) is 10.9 Å². The monoisotopic (exact) mass is 610 g/mol. The van der Waals surface area contributed by atoms with Crippen LogP contribution in [-0.2, 0) is 41.6 Å². The normalized spacial score (nSPS) is 13.7. The highest BCUT2D eigenvalue weighted by molar-refractivity contribution is 5.96. The summed E-state index contributed by atoms with van der Waals surface area (Å²) in [7, 11) is 0. The minimum Gasteiger partial charge on any atom is -0.508 e. The van der Waals surface area contributed by atoms with Crippen molar-refractivity contribution < 1.29 is 44.1 Å². The molecule has 15 heteroatoms. The summed E-state index contributed by atoms with van der Waals surface area (Å²) in [5.74, 6) is -6.43. The molecule has 0 spiro atoms. The fraction of sp³-hybridized carbons (Fsp3) is 0.310. The number of phenols is 1. The number of fused-ring (bicyclic) bond motifs is 1. The average molecular weight is 611 g/mol. The van der Waals surface area contributed by atoms with Gasteiger partial charge in [-0.25, -0.2) is 4.79 Å². The van der Waals surface area contributed by atoms with Gasteiger partial charge in [0.05, 0.1) is 12.5 Å². The Morgan fingerprint density at radius 3 is 2.05 bits per heavy atom. The second-order valence-electron chi connectivity index (χ2n) is 10.2. The molecule has 0 saturated heterocycles. The lowest BCUT2D eigenvalue weighted by Crippen LogP contribution is -2.58. The van der Waals surface area contributed by atoms with E-state index in [0.717, 1.165) is 10.9 Å². The number of aromatic hydroxyl groups is 1. The smallest absolute Gasteiger partial charge is 0.326 e. The van der Waals surface area contributed by atoms with Crippen molar-refractivity contribution in [2.45, 2.75) is 56.3 Å². The second-order valence-corrected chi connectivity index (χ2v) is 10.2. The van der Waals surface area contributed by atoms with Crippen molar-refractivity contribution in [2.24, 2.45) is 11.5 Å². The standard InChI is InChI=1S/C29H34N6O9/c30-19(11-15-5-7-17(36)8-6-15)26(40)34-22(12-16-14-32-20-4-2-1-3-18(16)20)27(41)35-23(13-24(31)37)28(42)33-21(29(43)44)9-10-25(38)39/h1-8,14,19,21-23,32,36H,9-13,30H2,(H2,31,37)(H,33,42)(H,34,40)(H,35,41)(H,38,39)(H,43,44). The summed E-state index contributed by atoms with van der Waals surface area (Å²) in [4.78, 5) is 77.0. The molecule has 11 N–H and O–H groups in total. The SMILES string of the molecule is NC(=O)CC(NC(=O)C(Cc1c[nH]c2ccccc12)NC(=O)C(N)Cc1ccc(O)cc1)C(=O)NC(CCC(=O)O)C(=O)O. The number of hydrogen-bond acceptors (Lipinski definition) is 8. The number of nitrogens with one attached hydrogen (secondary N) is 4. The maximum atomic E-state index is 13.6. The lowest BCUT2D eigenvalue weighted by molar-refractivity contribution is -0.143. The first kappa shape index (κ1) is 33.1. The first-order valence-corrected chi connectivity index (χ1v) is 13.6. The zero-order chi connectivity index (χ0) is 32.4. The molecule has 1 heterocycles. The van der Waals surface area contributed by atoms with Crippen molar-refractivity contribution in [3.8, 4) is 5.75 Å². The number of aliphatic carboxylic acids is 2. The van der Waals surface area contributed by atoms with E-state index in [2.05, 4.69) is 20.9 Å². The molecule has 4 unspecified atom stereocenters. The van der Waals surface area contributed by atoms with Crippen LogP contribution in [-0.4, -0.2) is 80.0 Å². The lowest BCUT2D eigenvalue weighted by Gasteiger charge is -2.25. The van der Waals surface area contributed by atoms with Gasteiger partial charge in [0.15, 0.2) is 0 Å². The Morgan fingerprint density at radius 1 is 0.795 bits per heavy atom. The topological polar surface area (TPSA) is 267 Å². The van der Waals surface area contributed by atoms with E-state index < -0.39 is 79.0 Å². The molecule has 0 aliphatic rings. The zero-order valence-electron chi connectivity index (χ0n) is 23.5. The Balaban J connectivity index is 1.83. The molecule has 2 aromatic carbocycles. The molecule has 3 aromatic rings. The quantitative estimate of drug-likeness (QED) is 0.0980. The molecule has 44 heavy (non-hydrogen) atoms. The van der Waals surface area contributed by atoms with E-state index in [1.165, 1.54) is 12.1 Å². The molecule has 15 nitrogen and oxygen atoms in total. The van der Waals surface area contributed by atoms with E-state index >= 15 is 0 Å². The third kappa shape index (κ3) is 9.55. The van der Waals surface area contributed by atoms with Gasteiger partial charge in [-0.05, 0) is 42.2 Å². The number of carboxylic acid groups (broad SMARTS) is 2. The Morgan fingerprint density at radius 2 is 1.41 bits per heavy atom. The van der Waals surface area contributed by atoms with E-state index in [0.29, 0.717) is 11.1 Å². The number of primary amides is 1. The van der Waals surface area contributed by atoms with Gasteiger partial charge < -0.3 is 47.7 Å². The van der Waals surface area contributed by atoms with E-state index in [1.807, 2.05) is 12.1 Å². The number of amides is 4. The Bertz CT molecular complexity index is 1520. The van der Waals surface area contributed by atoms with E-state index in [1.54, 1.807) is 30.5 Å². The van der Waals surface area contributed by atoms with Crippen molar-refractivity contribution in [2.75, 3.05) is 0 Å². The number of nitrogens with two attached hydrogens (primary N) is 2.